The van der Waals surface area contributed by atoms with Crippen molar-refractivity contribution in [3.63, 3.8) is 0 Å². The number of hydrogen-bond donors (Lipinski definition) is 2. The Morgan fingerprint density at radius 1 is 1.21 bits per heavy atom. The standard InChI is InChI=1S/C22H27N5O2/c1-2-8-21-19(7-1)20(10-17-29-21)26-22(24-13-9-18-6-3-16-28-18)23-11-4-14-27-15-5-12-25-27/h1-3,5-8,12,15-16,20H,4,9-11,13-14,17H2,(H2,23,24,26). The average Bonchev–Trinajstić information content (AvgIpc) is 3.45. The van der Waals surface area contributed by atoms with E-state index in [1.807, 2.05) is 47.3 Å². The summed E-state index contributed by atoms with van der Waals surface area (Å²) >= 11 is 0. The van der Waals surface area contributed by atoms with Gasteiger partial charge in [0, 0.05) is 50.4 Å². The Balaban J connectivity index is 1.37. The lowest BCUT2D eigenvalue weighted by atomic mass is 10.0. The molecule has 1 aliphatic heterocycles. The molecule has 2 aromatic heterocycles. The molecule has 2 N–H and O–H groups in total. The van der Waals surface area contributed by atoms with Crippen LogP contribution in [0.5, 0.6) is 5.75 Å². The Kier molecular flexibility index (Phi) is 6.47. The van der Waals surface area contributed by atoms with Crippen molar-refractivity contribution < 1.29 is 9.15 Å². The number of aromatic nitrogens is 2. The first-order valence-corrected chi connectivity index (χ1v) is 10.1. The molecule has 0 aliphatic carbocycles. The van der Waals surface area contributed by atoms with E-state index in [-0.39, 0.29) is 6.04 Å². The maximum absolute atomic E-state index is 5.78. The molecular formula is C22H27N5O2. The number of benzene rings is 1. The van der Waals surface area contributed by atoms with Crippen LogP contribution >= 0.6 is 0 Å². The van der Waals surface area contributed by atoms with Crippen LogP contribution in [0.25, 0.3) is 0 Å². The number of fused-ring (bicyclic) bond motifs is 1. The van der Waals surface area contributed by atoms with E-state index in [0.29, 0.717) is 6.61 Å². The van der Waals surface area contributed by atoms with Gasteiger partial charge in [0.1, 0.15) is 11.5 Å². The van der Waals surface area contributed by atoms with Crippen LogP contribution in [0.3, 0.4) is 0 Å². The highest BCUT2D eigenvalue weighted by atomic mass is 16.5. The van der Waals surface area contributed by atoms with Gasteiger partial charge in [-0.1, -0.05) is 18.2 Å². The van der Waals surface area contributed by atoms with Crippen LogP contribution in [-0.2, 0) is 13.0 Å². The van der Waals surface area contributed by atoms with Gasteiger partial charge in [0.15, 0.2) is 5.96 Å². The van der Waals surface area contributed by atoms with Crippen molar-refractivity contribution in [2.45, 2.75) is 31.8 Å². The molecule has 0 saturated heterocycles. The second-order valence-corrected chi connectivity index (χ2v) is 6.98. The van der Waals surface area contributed by atoms with Crippen molar-refractivity contribution in [2.75, 3.05) is 19.7 Å². The second kappa shape index (κ2) is 9.82. The molecule has 0 saturated carbocycles. The highest BCUT2D eigenvalue weighted by Crippen LogP contribution is 2.31. The van der Waals surface area contributed by atoms with E-state index in [1.165, 1.54) is 5.56 Å². The molecule has 1 atom stereocenters. The topological polar surface area (TPSA) is 76.6 Å². The molecule has 0 bridgehead atoms. The van der Waals surface area contributed by atoms with Crippen molar-refractivity contribution in [3.05, 3.63) is 72.4 Å². The zero-order chi connectivity index (χ0) is 19.7. The summed E-state index contributed by atoms with van der Waals surface area (Å²) in [4.78, 5) is 4.79. The maximum Gasteiger partial charge on any atom is 0.191 e. The minimum absolute atomic E-state index is 0.181. The van der Waals surface area contributed by atoms with Crippen LogP contribution < -0.4 is 15.4 Å². The Bertz CT molecular complexity index is 890. The number of nitrogens with one attached hydrogen (secondary N) is 2. The molecule has 29 heavy (non-hydrogen) atoms. The molecule has 1 aromatic carbocycles. The van der Waals surface area contributed by atoms with Gasteiger partial charge in [-0.2, -0.15) is 5.10 Å². The van der Waals surface area contributed by atoms with Crippen LogP contribution in [0.15, 0.2) is 70.5 Å². The zero-order valence-corrected chi connectivity index (χ0v) is 16.5. The number of rotatable bonds is 8. The van der Waals surface area contributed by atoms with Crippen LogP contribution in [-0.4, -0.2) is 35.4 Å². The Morgan fingerprint density at radius 3 is 3.03 bits per heavy atom. The fourth-order valence-corrected chi connectivity index (χ4v) is 3.42. The quantitative estimate of drug-likeness (QED) is 0.349. The number of ether oxygens (including phenoxy) is 1. The van der Waals surface area contributed by atoms with E-state index < -0.39 is 0 Å². The summed E-state index contributed by atoms with van der Waals surface area (Å²) < 4.78 is 13.1. The van der Waals surface area contributed by atoms with Gasteiger partial charge < -0.3 is 19.8 Å². The van der Waals surface area contributed by atoms with Gasteiger partial charge in [-0.3, -0.25) is 9.67 Å². The van der Waals surface area contributed by atoms with Crippen LogP contribution in [0, 0.1) is 0 Å². The molecule has 1 unspecified atom stereocenters. The zero-order valence-electron chi connectivity index (χ0n) is 16.5. The normalized spacial score (nSPS) is 16.1. The SMILES string of the molecule is c1coc(CCNC(=NCCCn2cccn2)NC2CCOc3ccccc32)c1. The van der Waals surface area contributed by atoms with E-state index in [2.05, 4.69) is 21.8 Å². The van der Waals surface area contributed by atoms with Crippen molar-refractivity contribution in [2.24, 2.45) is 4.99 Å². The highest BCUT2D eigenvalue weighted by molar-refractivity contribution is 5.80. The summed E-state index contributed by atoms with van der Waals surface area (Å²) in [6.07, 6.45) is 8.13. The first kappa shape index (κ1) is 19.1. The lowest BCUT2D eigenvalue weighted by Crippen LogP contribution is -2.42. The summed E-state index contributed by atoms with van der Waals surface area (Å²) in [5, 5.41) is 11.3. The van der Waals surface area contributed by atoms with Gasteiger partial charge in [-0.25, -0.2) is 0 Å². The lowest BCUT2D eigenvalue weighted by molar-refractivity contribution is 0.261. The molecule has 3 heterocycles. The molecule has 152 valence electrons. The summed E-state index contributed by atoms with van der Waals surface area (Å²) in [7, 11) is 0. The number of aliphatic imine (C=N–C) groups is 1. The van der Waals surface area contributed by atoms with E-state index in [1.54, 1.807) is 12.5 Å². The third kappa shape index (κ3) is 5.40. The molecule has 1 aliphatic rings. The fraction of sp³-hybridized carbons (Fsp3) is 0.364. The predicted octanol–water partition coefficient (Wildman–Crippen LogP) is 3.17. The Morgan fingerprint density at radius 2 is 2.17 bits per heavy atom. The molecule has 0 radical (unpaired) electrons. The summed E-state index contributed by atoms with van der Waals surface area (Å²) in [6.45, 7) is 3.04. The van der Waals surface area contributed by atoms with Crippen molar-refractivity contribution in [1.82, 2.24) is 20.4 Å². The predicted molar refractivity (Wildman–Crippen MR) is 112 cm³/mol. The number of hydrogen-bond acceptors (Lipinski definition) is 4. The molecule has 7 nitrogen and oxygen atoms in total. The Hall–Kier alpha value is -3.22. The molecule has 0 spiro atoms. The highest BCUT2D eigenvalue weighted by Gasteiger charge is 2.21. The van der Waals surface area contributed by atoms with Crippen molar-refractivity contribution in [3.8, 4) is 5.75 Å². The molecular weight excluding hydrogens is 366 g/mol. The molecule has 7 heteroatoms. The number of furan rings is 1. The minimum Gasteiger partial charge on any atom is -0.493 e. The van der Waals surface area contributed by atoms with E-state index in [4.69, 9.17) is 14.1 Å². The van der Waals surface area contributed by atoms with Gasteiger partial charge in [0.25, 0.3) is 0 Å². The summed E-state index contributed by atoms with van der Waals surface area (Å²) in [5.41, 5.74) is 1.18. The number of aryl methyl sites for hydroxylation is 1. The summed E-state index contributed by atoms with van der Waals surface area (Å²) in [5.74, 6) is 2.73. The second-order valence-electron chi connectivity index (χ2n) is 6.98. The fourth-order valence-electron chi connectivity index (χ4n) is 3.42. The summed E-state index contributed by atoms with van der Waals surface area (Å²) in [6, 6.07) is 14.2. The Labute approximate surface area is 170 Å². The first-order valence-electron chi connectivity index (χ1n) is 10.1. The van der Waals surface area contributed by atoms with Gasteiger partial charge >= 0.3 is 0 Å². The van der Waals surface area contributed by atoms with E-state index in [9.17, 15) is 0 Å². The van der Waals surface area contributed by atoms with Gasteiger partial charge in [-0.15, -0.1) is 0 Å². The van der Waals surface area contributed by atoms with Crippen LogP contribution in [0.2, 0.25) is 0 Å². The molecule has 0 fully saturated rings. The van der Waals surface area contributed by atoms with E-state index in [0.717, 1.165) is 56.4 Å². The number of nitrogens with zero attached hydrogens (tertiary/aromatic N) is 3. The largest absolute Gasteiger partial charge is 0.493 e. The number of guanidine groups is 1. The van der Waals surface area contributed by atoms with Crippen molar-refractivity contribution in [1.29, 1.82) is 0 Å². The first-order chi connectivity index (χ1) is 14.4. The monoisotopic (exact) mass is 393 g/mol. The third-order valence-corrected chi connectivity index (χ3v) is 4.89. The average molecular weight is 393 g/mol. The molecule has 3 aromatic rings. The smallest absolute Gasteiger partial charge is 0.191 e. The maximum atomic E-state index is 5.78. The molecule has 4 rings (SSSR count). The number of para-hydroxylation sites is 1. The van der Waals surface area contributed by atoms with Gasteiger partial charge in [0.05, 0.1) is 18.9 Å². The van der Waals surface area contributed by atoms with Crippen molar-refractivity contribution >= 4 is 5.96 Å². The van der Waals surface area contributed by atoms with Gasteiger partial charge in [-0.05, 0) is 30.7 Å². The molecule has 0 amide bonds. The minimum atomic E-state index is 0.181. The van der Waals surface area contributed by atoms with Crippen LogP contribution in [0.1, 0.15) is 30.2 Å². The van der Waals surface area contributed by atoms with E-state index >= 15 is 0 Å². The van der Waals surface area contributed by atoms with Gasteiger partial charge in [0.2, 0.25) is 0 Å². The lowest BCUT2D eigenvalue weighted by Gasteiger charge is -2.28. The third-order valence-electron chi connectivity index (χ3n) is 4.89. The van der Waals surface area contributed by atoms with Crippen LogP contribution in [0.4, 0.5) is 0 Å².